The number of aliphatic hydroxyl groups is 1. The Bertz CT molecular complexity index is 476. The Morgan fingerprint density at radius 1 is 1.52 bits per heavy atom. The van der Waals surface area contributed by atoms with Gasteiger partial charge < -0.3 is 20.5 Å². The quantitative estimate of drug-likeness (QED) is 0.645. The molecule has 0 aliphatic rings. The molecule has 1 rings (SSSR count). The Hall–Kier alpha value is -2.01. The zero-order chi connectivity index (χ0) is 15.7. The van der Waals surface area contributed by atoms with Gasteiger partial charge in [0.15, 0.2) is 0 Å². The lowest BCUT2D eigenvalue weighted by molar-refractivity contribution is 0.208. The molecule has 0 heterocycles. The average molecular weight is 292 g/mol. The number of aliphatic hydroxyl groups excluding tert-OH is 1. The van der Waals surface area contributed by atoms with Gasteiger partial charge in [0.25, 0.3) is 0 Å². The summed E-state index contributed by atoms with van der Waals surface area (Å²) >= 11 is 0. The second-order valence-electron chi connectivity index (χ2n) is 5.09. The molecule has 0 radical (unpaired) electrons. The predicted octanol–water partition coefficient (Wildman–Crippen LogP) is 2.92. The van der Waals surface area contributed by atoms with Gasteiger partial charge in [0, 0.05) is 23.9 Å². The zero-order valence-electron chi connectivity index (χ0n) is 12.7. The van der Waals surface area contributed by atoms with E-state index in [9.17, 15) is 4.79 Å². The summed E-state index contributed by atoms with van der Waals surface area (Å²) in [4.78, 5) is 12.0. The Labute approximate surface area is 126 Å². The van der Waals surface area contributed by atoms with Crippen molar-refractivity contribution in [3.05, 3.63) is 36.9 Å². The Balaban J connectivity index is 2.63. The predicted molar refractivity (Wildman–Crippen MR) is 84.7 cm³/mol. The fourth-order valence-corrected chi connectivity index (χ4v) is 1.83. The van der Waals surface area contributed by atoms with Crippen LogP contribution in [0, 0.1) is 0 Å². The number of ether oxygens (including phenoxy) is 1. The number of carbonyl (C=O) groups excluding carboxylic acids is 1. The van der Waals surface area contributed by atoms with Crippen molar-refractivity contribution in [2.75, 3.05) is 18.5 Å². The third-order valence-corrected chi connectivity index (χ3v) is 3.32. The Kier molecular flexibility index (Phi) is 6.75. The Morgan fingerprint density at radius 2 is 2.29 bits per heavy atom. The normalized spacial score (nSPS) is 13.1. The van der Waals surface area contributed by atoms with Crippen molar-refractivity contribution < 1.29 is 14.6 Å². The minimum atomic E-state index is -0.421. The summed E-state index contributed by atoms with van der Waals surface area (Å²) in [5, 5.41) is 14.7. The van der Waals surface area contributed by atoms with Crippen LogP contribution >= 0.6 is 0 Å². The van der Waals surface area contributed by atoms with E-state index in [2.05, 4.69) is 17.2 Å². The summed E-state index contributed by atoms with van der Waals surface area (Å²) < 4.78 is 5.42. The van der Waals surface area contributed by atoms with Gasteiger partial charge in [0.1, 0.15) is 12.4 Å². The lowest BCUT2D eigenvalue weighted by Crippen LogP contribution is -2.48. The van der Waals surface area contributed by atoms with Gasteiger partial charge in [-0.25, -0.2) is 4.79 Å². The van der Waals surface area contributed by atoms with Crippen molar-refractivity contribution in [1.29, 1.82) is 0 Å². The molecule has 1 aromatic carbocycles. The molecule has 0 aromatic heterocycles. The number of nitrogens with one attached hydrogen (secondary N) is 2. The summed E-state index contributed by atoms with van der Waals surface area (Å²) in [6.45, 7) is 7.92. The molecule has 0 fully saturated rings. The molecule has 0 aliphatic heterocycles. The van der Waals surface area contributed by atoms with Crippen molar-refractivity contribution >= 4 is 11.7 Å². The van der Waals surface area contributed by atoms with Gasteiger partial charge in [0.05, 0.1) is 0 Å². The number of hydrogen-bond donors (Lipinski definition) is 3. The maximum atomic E-state index is 12.0. The second-order valence-corrected chi connectivity index (χ2v) is 5.09. The van der Waals surface area contributed by atoms with Crippen LogP contribution in [0.15, 0.2) is 36.9 Å². The number of benzene rings is 1. The molecule has 5 nitrogen and oxygen atoms in total. The summed E-state index contributed by atoms with van der Waals surface area (Å²) in [6, 6.07) is 6.86. The molecule has 0 spiro atoms. The standard InChI is InChI=1S/C16H24N2O3/c1-4-11-21-14-8-6-7-13(12-14)17-15(20)18-16(3,5-2)9-10-19/h4,6-8,12,19H,1,5,9-11H2,2-3H3,(H2,17,18,20). The smallest absolute Gasteiger partial charge is 0.319 e. The van der Waals surface area contributed by atoms with E-state index < -0.39 is 5.54 Å². The highest BCUT2D eigenvalue weighted by Crippen LogP contribution is 2.18. The van der Waals surface area contributed by atoms with Crippen LogP contribution in [0.1, 0.15) is 26.7 Å². The molecule has 1 aromatic rings. The third-order valence-electron chi connectivity index (χ3n) is 3.32. The van der Waals surface area contributed by atoms with E-state index in [-0.39, 0.29) is 12.6 Å². The number of hydrogen-bond acceptors (Lipinski definition) is 3. The van der Waals surface area contributed by atoms with Crippen molar-refractivity contribution in [3.63, 3.8) is 0 Å². The minimum absolute atomic E-state index is 0.0372. The monoisotopic (exact) mass is 292 g/mol. The molecule has 0 bridgehead atoms. The average Bonchev–Trinajstić information content (AvgIpc) is 2.45. The Morgan fingerprint density at radius 3 is 2.90 bits per heavy atom. The van der Waals surface area contributed by atoms with Gasteiger partial charge in [0.2, 0.25) is 0 Å². The maximum Gasteiger partial charge on any atom is 0.319 e. The summed E-state index contributed by atoms with van der Waals surface area (Å²) in [7, 11) is 0. The molecule has 5 heteroatoms. The topological polar surface area (TPSA) is 70.6 Å². The van der Waals surface area contributed by atoms with E-state index in [0.717, 1.165) is 6.42 Å². The molecule has 1 unspecified atom stereocenters. The first kappa shape index (κ1) is 17.0. The molecule has 21 heavy (non-hydrogen) atoms. The van der Waals surface area contributed by atoms with Gasteiger partial charge in [-0.3, -0.25) is 0 Å². The van der Waals surface area contributed by atoms with Gasteiger partial charge in [-0.1, -0.05) is 25.6 Å². The number of carbonyl (C=O) groups is 1. The first-order valence-electron chi connectivity index (χ1n) is 7.07. The van der Waals surface area contributed by atoms with E-state index in [4.69, 9.17) is 9.84 Å². The second kappa shape index (κ2) is 8.32. The van der Waals surface area contributed by atoms with E-state index in [1.54, 1.807) is 24.3 Å². The largest absolute Gasteiger partial charge is 0.489 e. The van der Waals surface area contributed by atoms with Gasteiger partial charge in [-0.05, 0) is 31.9 Å². The molecule has 2 amide bonds. The summed E-state index contributed by atoms with van der Waals surface area (Å²) in [6.07, 6.45) is 2.91. The fraction of sp³-hybridized carbons (Fsp3) is 0.438. The highest BCUT2D eigenvalue weighted by atomic mass is 16.5. The van der Waals surface area contributed by atoms with E-state index in [0.29, 0.717) is 24.5 Å². The molecule has 0 aliphatic carbocycles. The van der Waals surface area contributed by atoms with Crippen molar-refractivity contribution in [2.24, 2.45) is 0 Å². The minimum Gasteiger partial charge on any atom is -0.489 e. The van der Waals surface area contributed by atoms with Crippen LogP contribution in [0.3, 0.4) is 0 Å². The van der Waals surface area contributed by atoms with Gasteiger partial charge in [-0.2, -0.15) is 0 Å². The molecule has 0 saturated carbocycles. The first-order chi connectivity index (χ1) is 10.0. The van der Waals surface area contributed by atoms with Crippen LogP contribution in [0.25, 0.3) is 0 Å². The van der Waals surface area contributed by atoms with Gasteiger partial charge >= 0.3 is 6.03 Å². The highest BCUT2D eigenvalue weighted by molar-refractivity contribution is 5.89. The van der Waals surface area contributed by atoms with Gasteiger partial charge in [-0.15, -0.1) is 0 Å². The number of rotatable bonds is 8. The zero-order valence-corrected chi connectivity index (χ0v) is 12.7. The maximum absolute atomic E-state index is 12.0. The van der Waals surface area contributed by atoms with Crippen LogP contribution in [-0.2, 0) is 0 Å². The SMILES string of the molecule is C=CCOc1cccc(NC(=O)NC(C)(CC)CCO)c1. The lowest BCUT2D eigenvalue weighted by atomic mass is 9.95. The molecule has 116 valence electrons. The van der Waals surface area contributed by atoms with Crippen LogP contribution in [0.4, 0.5) is 10.5 Å². The van der Waals surface area contributed by atoms with E-state index in [1.807, 2.05) is 19.9 Å². The molecule has 0 saturated heterocycles. The summed E-state index contributed by atoms with van der Waals surface area (Å²) in [5.41, 5.74) is 0.229. The highest BCUT2D eigenvalue weighted by Gasteiger charge is 2.23. The van der Waals surface area contributed by atoms with E-state index >= 15 is 0 Å². The van der Waals surface area contributed by atoms with Crippen LogP contribution in [0.2, 0.25) is 0 Å². The van der Waals surface area contributed by atoms with Crippen LogP contribution in [0.5, 0.6) is 5.75 Å². The number of amides is 2. The van der Waals surface area contributed by atoms with Crippen molar-refractivity contribution in [1.82, 2.24) is 5.32 Å². The molecular weight excluding hydrogens is 268 g/mol. The molecule has 3 N–H and O–H groups in total. The molecule has 1 atom stereocenters. The number of urea groups is 1. The number of anilines is 1. The lowest BCUT2D eigenvalue weighted by Gasteiger charge is -2.29. The van der Waals surface area contributed by atoms with Crippen molar-refractivity contribution in [2.45, 2.75) is 32.2 Å². The van der Waals surface area contributed by atoms with Crippen LogP contribution < -0.4 is 15.4 Å². The van der Waals surface area contributed by atoms with E-state index in [1.165, 1.54) is 0 Å². The van der Waals surface area contributed by atoms with Crippen LogP contribution in [-0.4, -0.2) is 29.9 Å². The molecular formula is C16H24N2O3. The summed E-state index contributed by atoms with van der Waals surface area (Å²) in [5.74, 6) is 0.668. The fourth-order valence-electron chi connectivity index (χ4n) is 1.83. The third kappa shape index (κ3) is 5.87. The van der Waals surface area contributed by atoms with Crippen molar-refractivity contribution in [3.8, 4) is 5.75 Å². The first-order valence-corrected chi connectivity index (χ1v) is 7.07.